The molecule has 1 aromatic carbocycles. The Bertz CT molecular complexity index is 643. The lowest BCUT2D eigenvalue weighted by Crippen LogP contribution is -2.19. The molecule has 2 aromatic rings. The molecule has 0 amide bonds. The van der Waals surface area contributed by atoms with Crippen LogP contribution in [0.5, 0.6) is 0 Å². The van der Waals surface area contributed by atoms with Gasteiger partial charge in [0.15, 0.2) is 11.6 Å². The van der Waals surface area contributed by atoms with Crippen LogP contribution >= 0.6 is 0 Å². The Kier molecular flexibility index (Phi) is 4.53. The number of hydrogen-bond donors (Lipinski definition) is 0. The largest absolute Gasteiger partial charge is 0.296 e. The molecule has 4 heteroatoms. The van der Waals surface area contributed by atoms with Crippen LogP contribution in [0.4, 0.5) is 0 Å². The van der Waals surface area contributed by atoms with E-state index in [1.54, 1.807) is 0 Å². The van der Waals surface area contributed by atoms with Crippen molar-refractivity contribution in [2.45, 2.75) is 59.0 Å². The maximum Gasteiger partial charge on any atom is 0.165 e. The van der Waals surface area contributed by atoms with Crippen LogP contribution < -0.4 is 0 Å². The second-order valence-corrected chi connectivity index (χ2v) is 7.48. The van der Waals surface area contributed by atoms with Gasteiger partial charge in [-0.1, -0.05) is 45.0 Å². The minimum absolute atomic E-state index is 0.178. The third-order valence-corrected chi connectivity index (χ3v) is 4.59. The third-order valence-electron chi connectivity index (χ3n) is 4.59. The number of likely N-dealkylation sites (tertiary alicyclic amines) is 1. The highest BCUT2D eigenvalue weighted by molar-refractivity contribution is 5.56. The van der Waals surface area contributed by atoms with Gasteiger partial charge in [0.2, 0.25) is 0 Å². The van der Waals surface area contributed by atoms with Crippen LogP contribution in [0.1, 0.15) is 51.9 Å². The van der Waals surface area contributed by atoms with Crippen molar-refractivity contribution in [3.8, 4) is 11.4 Å². The molecule has 0 spiro atoms. The van der Waals surface area contributed by atoms with Gasteiger partial charge >= 0.3 is 0 Å². The number of aryl methyl sites for hydroxylation is 1. The first-order chi connectivity index (χ1) is 11.0. The van der Waals surface area contributed by atoms with E-state index in [9.17, 15) is 0 Å². The van der Waals surface area contributed by atoms with Crippen molar-refractivity contribution in [3.05, 3.63) is 35.7 Å². The van der Waals surface area contributed by atoms with E-state index < -0.39 is 0 Å². The zero-order valence-corrected chi connectivity index (χ0v) is 14.8. The van der Waals surface area contributed by atoms with Crippen LogP contribution in [0.2, 0.25) is 0 Å². The number of rotatable bonds is 4. The first kappa shape index (κ1) is 16.2. The van der Waals surface area contributed by atoms with Crippen LogP contribution in [0.3, 0.4) is 0 Å². The van der Waals surface area contributed by atoms with Crippen molar-refractivity contribution in [3.63, 3.8) is 0 Å². The molecule has 0 atom stereocenters. The normalized spacial score (nSPS) is 16.2. The Morgan fingerprint density at radius 2 is 1.70 bits per heavy atom. The fraction of sp³-hybridized carbons (Fsp3) is 0.579. The maximum atomic E-state index is 4.82. The summed E-state index contributed by atoms with van der Waals surface area (Å²) < 4.78 is 2.03. The molecule has 1 aliphatic heterocycles. The van der Waals surface area contributed by atoms with E-state index in [4.69, 9.17) is 10.1 Å². The first-order valence-electron chi connectivity index (χ1n) is 8.74. The van der Waals surface area contributed by atoms with E-state index in [-0.39, 0.29) is 5.41 Å². The van der Waals surface area contributed by atoms with Gasteiger partial charge in [-0.25, -0.2) is 9.67 Å². The fourth-order valence-corrected chi connectivity index (χ4v) is 3.15. The van der Waals surface area contributed by atoms with Crippen molar-refractivity contribution < 1.29 is 0 Å². The molecule has 1 saturated heterocycles. The SMILES string of the molecule is CCn1nc(CN2CCCC2)nc1-c1ccc(C(C)(C)C)cc1. The summed E-state index contributed by atoms with van der Waals surface area (Å²) in [5, 5.41) is 4.70. The van der Waals surface area contributed by atoms with Crippen LogP contribution in [0.15, 0.2) is 24.3 Å². The van der Waals surface area contributed by atoms with Gasteiger partial charge in [0.05, 0.1) is 6.54 Å². The van der Waals surface area contributed by atoms with E-state index in [1.165, 1.54) is 31.5 Å². The Morgan fingerprint density at radius 1 is 1.04 bits per heavy atom. The van der Waals surface area contributed by atoms with E-state index in [1.807, 2.05) is 4.68 Å². The van der Waals surface area contributed by atoms with Crippen LogP contribution in [0.25, 0.3) is 11.4 Å². The average Bonchev–Trinajstić information content (AvgIpc) is 3.16. The molecule has 0 saturated carbocycles. The second-order valence-electron chi connectivity index (χ2n) is 7.48. The van der Waals surface area contributed by atoms with Gasteiger partial charge in [0.1, 0.15) is 0 Å². The molecule has 0 aliphatic carbocycles. The van der Waals surface area contributed by atoms with Gasteiger partial charge in [-0.2, -0.15) is 5.10 Å². The predicted octanol–water partition coefficient (Wildman–Crippen LogP) is 3.86. The molecule has 23 heavy (non-hydrogen) atoms. The van der Waals surface area contributed by atoms with Gasteiger partial charge in [0, 0.05) is 12.1 Å². The highest BCUT2D eigenvalue weighted by Gasteiger charge is 2.18. The van der Waals surface area contributed by atoms with Crippen molar-refractivity contribution in [2.75, 3.05) is 13.1 Å². The zero-order valence-electron chi connectivity index (χ0n) is 14.8. The van der Waals surface area contributed by atoms with Gasteiger partial charge in [-0.3, -0.25) is 4.90 Å². The lowest BCUT2D eigenvalue weighted by Gasteiger charge is -2.19. The number of nitrogens with zero attached hydrogens (tertiary/aromatic N) is 4. The molecule has 2 heterocycles. The molecular formula is C19H28N4. The second kappa shape index (κ2) is 6.44. The predicted molar refractivity (Wildman–Crippen MR) is 94.3 cm³/mol. The highest BCUT2D eigenvalue weighted by Crippen LogP contribution is 2.25. The van der Waals surface area contributed by atoms with Crippen molar-refractivity contribution >= 4 is 0 Å². The summed E-state index contributed by atoms with van der Waals surface area (Å²) in [5.41, 5.74) is 2.68. The molecule has 0 radical (unpaired) electrons. The minimum atomic E-state index is 0.178. The summed E-state index contributed by atoms with van der Waals surface area (Å²) in [5.74, 6) is 1.94. The number of aromatic nitrogens is 3. The lowest BCUT2D eigenvalue weighted by molar-refractivity contribution is 0.321. The van der Waals surface area contributed by atoms with Crippen LogP contribution in [0, 0.1) is 0 Å². The lowest BCUT2D eigenvalue weighted by atomic mass is 9.87. The molecule has 1 aliphatic rings. The topological polar surface area (TPSA) is 34.0 Å². The number of hydrogen-bond acceptors (Lipinski definition) is 3. The molecule has 3 rings (SSSR count). The van der Waals surface area contributed by atoms with E-state index in [0.29, 0.717) is 0 Å². The quantitative estimate of drug-likeness (QED) is 0.859. The summed E-state index contributed by atoms with van der Waals surface area (Å²) in [7, 11) is 0. The van der Waals surface area contributed by atoms with Gasteiger partial charge in [0.25, 0.3) is 0 Å². The molecule has 1 fully saturated rings. The van der Waals surface area contributed by atoms with Crippen LogP contribution in [-0.2, 0) is 18.5 Å². The molecule has 124 valence electrons. The monoisotopic (exact) mass is 312 g/mol. The maximum absolute atomic E-state index is 4.82. The highest BCUT2D eigenvalue weighted by atomic mass is 15.4. The fourth-order valence-electron chi connectivity index (χ4n) is 3.15. The molecule has 0 bridgehead atoms. The summed E-state index contributed by atoms with van der Waals surface area (Å²) >= 11 is 0. The average molecular weight is 312 g/mol. The van der Waals surface area contributed by atoms with Gasteiger partial charge in [-0.15, -0.1) is 0 Å². The summed E-state index contributed by atoms with van der Waals surface area (Å²) in [6.45, 7) is 12.9. The van der Waals surface area contributed by atoms with Crippen molar-refractivity contribution in [2.24, 2.45) is 0 Å². The Balaban J connectivity index is 1.84. The first-order valence-corrected chi connectivity index (χ1v) is 8.74. The molecular weight excluding hydrogens is 284 g/mol. The summed E-state index contributed by atoms with van der Waals surface area (Å²) in [4.78, 5) is 7.26. The zero-order chi connectivity index (χ0) is 16.4. The minimum Gasteiger partial charge on any atom is -0.296 e. The standard InChI is InChI=1S/C19H28N4/c1-5-23-18(15-8-10-16(11-9-15)19(2,3)4)20-17(21-23)14-22-12-6-7-13-22/h8-11H,5-7,12-14H2,1-4H3. The van der Waals surface area contributed by atoms with Gasteiger partial charge in [-0.05, 0) is 43.8 Å². The Morgan fingerprint density at radius 3 is 2.26 bits per heavy atom. The van der Waals surface area contributed by atoms with Crippen molar-refractivity contribution in [1.82, 2.24) is 19.7 Å². The number of benzene rings is 1. The summed E-state index contributed by atoms with van der Waals surface area (Å²) in [6, 6.07) is 8.78. The molecule has 4 nitrogen and oxygen atoms in total. The van der Waals surface area contributed by atoms with Crippen molar-refractivity contribution in [1.29, 1.82) is 0 Å². The summed E-state index contributed by atoms with van der Waals surface area (Å²) in [6.07, 6.45) is 2.60. The molecule has 0 N–H and O–H groups in total. The van der Waals surface area contributed by atoms with Crippen LogP contribution in [-0.4, -0.2) is 32.8 Å². The third kappa shape index (κ3) is 3.63. The van der Waals surface area contributed by atoms with E-state index in [0.717, 1.165) is 30.3 Å². The molecule has 1 aromatic heterocycles. The Labute approximate surface area is 139 Å². The van der Waals surface area contributed by atoms with E-state index >= 15 is 0 Å². The van der Waals surface area contributed by atoms with Gasteiger partial charge < -0.3 is 0 Å². The molecule has 0 unspecified atom stereocenters. The van der Waals surface area contributed by atoms with E-state index in [2.05, 4.69) is 56.9 Å². The Hall–Kier alpha value is -1.68. The smallest absolute Gasteiger partial charge is 0.165 e.